The topological polar surface area (TPSA) is 0 Å². The highest BCUT2D eigenvalue weighted by atomic mass is 32.2. The molecule has 0 atom stereocenters. The van der Waals surface area contributed by atoms with Crippen molar-refractivity contribution in [1.29, 1.82) is 0 Å². The molecule has 0 N–H and O–H groups in total. The first-order valence-electron chi connectivity index (χ1n) is 14.8. The van der Waals surface area contributed by atoms with E-state index in [4.69, 9.17) is 0 Å². The molecule has 0 bridgehead atoms. The van der Waals surface area contributed by atoms with E-state index in [2.05, 4.69) is 158 Å². The maximum absolute atomic E-state index is 2.36. The minimum atomic E-state index is 1.23. The molecule has 200 valence electrons. The Morgan fingerprint density at radius 3 is 1.49 bits per heavy atom. The SMILES string of the molecule is c1ccc(-c2ccccc2-c2c3ccccc3c(-c3ccc4c5c(cccc35)-c3ccccc3S4)c3ccccc23)cc1. The van der Waals surface area contributed by atoms with Crippen molar-refractivity contribution in [1.82, 2.24) is 0 Å². The van der Waals surface area contributed by atoms with E-state index in [9.17, 15) is 0 Å². The van der Waals surface area contributed by atoms with Gasteiger partial charge in [0.05, 0.1) is 0 Å². The fraction of sp³-hybridized carbons (Fsp3) is 0. The molecular formula is C42H26S. The normalized spacial score (nSPS) is 12.1. The summed E-state index contributed by atoms with van der Waals surface area (Å²) in [6.45, 7) is 0. The highest BCUT2D eigenvalue weighted by molar-refractivity contribution is 7.99. The molecule has 8 aromatic carbocycles. The molecular weight excluding hydrogens is 537 g/mol. The fourth-order valence-electron chi connectivity index (χ4n) is 7.08. The zero-order chi connectivity index (χ0) is 28.3. The maximum atomic E-state index is 2.36. The first kappa shape index (κ1) is 24.5. The Balaban J connectivity index is 1.40. The number of benzene rings is 8. The van der Waals surface area contributed by atoms with Crippen LogP contribution in [0.2, 0.25) is 0 Å². The van der Waals surface area contributed by atoms with E-state index in [0.29, 0.717) is 0 Å². The van der Waals surface area contributed by atoms with Gasteiger partial charge in [0.15, 0.2) is 0 Å². The molecule has 1 heterocycles. The number of fused-ring (bicyclic) bond motifs is 4. The van der Waals surface area contributed by atoms with Gasteiger partial charge in [0, 0.05) is 15.2 Å². The van der Waals surface area contributed by atoms with Gasteiger partial charge in [0.25, 0.3) is 0 Å². The summed E-state index contributed by atoms with van der Waals surface area (Å²) in [5, 5.41) is 7.78. The van der Waals surface area contributed by atoms with Gasteiger partial charge < -0.3 is 0 Å². The monoisotopic (exact) mass is 562 g/mol. The first-order chi connectivity index (χ1) is 21.4. The van der Waals surface area contributed by atoms with E-state index < -0.39 is 0 Å². The van der Waals surface area contributed by atoms with E-state index in [1.54, 1.807) is 0 Å². The number of hydrogen-bond acceptors (Lipinski definition) is 1. The van der Waals surface area contributed by atoms with E-state index >= 15 is 0 Å². The Morgan fingerprint density at radius 1 is 0.279 bits per heavy atom. The molecule has 0 fully saturated rings. The summed E-state index contributed by atoms with van der Waals surface area (Å²) in [5.74, 6) is 0. The zero-order valence-electron chi connectivity index (χ0n) is 23.4. The third-order valence-corrected chi connectivity index (χ3v) is 10.0. The minimum absolute atomic E-state index is 1.23. The average Bonchev–Trinajstić information content (AvgIpc) is 3.08. The van der Waals surface area contributed by atoms with Crippen LogP contribution < -0.4 is 0 Å². The summed E-state index contributed by atoms with van der Waals surface area (Å²) in [7, 11) is 0. The predicted molar refractivity (Wildman–Crippen MR) is 185 cm³/mol. The Hall–Kier alpha value is -5.11. The molecule has 8 aromatic rings. The zero-order valence-corrected chi connectivity index (χ0v) is 24.2. The van der Waals surface area contributed by atoms with Crippen LogP contribution in [0.3, 0.4) is 0 Å². The molecule has 0 radical (unpaired) electrons. The summed E-state index contributed by atoms with van der Waals surface area (Å²) in [6, 6.07) is 57.9. The quantitative estimate of drug-likeness (QED) is 0.193. The van der Waals surface area contributed by atoms with Crippen molar-refractivity contribution in [3.05, 3.63) is 158 Å². The highest BCUT2D eigenvalue weighted by Crippen LogP contribution is 2.52. The second-order valence-electron chi connectivity index (χ2n) is 11.2. The van der Waals surface area contributed by atoms with E-state index in [1.165, 1.54) is 86.6 Å². The van der Waals surface area contributed by atoms with Crippen molar-refractivity contribution in [2.45, 2.75) is 9.79 Å². The predicted octanol–water partition coefficient (Wildman–Crippen LogP) is 12.3. The summed E-state index contributed by atoms with van der Waals surface area (Å²) in [6.07, 6.45) is 0. The molecule has 9 rings (SSSR count). The van der Waals surface area contributed by atoms with E-state index in [0.717, 1.165) is 0 Å². The Morgan fingerprint density at radius 2 is 0.791 bits per heavy atom. The second-order valence-corrected chi connectivity index (χ2v) is 12.3. The Kier molecular flexibility index (Phi) is 5.54. The molecule has 0 amide bonds. The van der Waals surface area contributed by atoms with Crippen LogP contribution in [0.1, 0.15) is 0 Å². The van der Waals surface area contributed by atoms with Gasteiger partial charge in [0.2, 0.25) is 0 Å². The summed E-state index contributed by atoms with van der Waals surface area (Å²) in [5.41, 5.74) is 10.3. The van der Waals surface area contributed by atoms with Gasteiger partial charge in [-0.25, -0.2) is 0 Å². The third-order valence-electron chi connectivity index (χ3n) is 8.88. The molecule has 0 aliphatic carbocycles. The van der Waals surface area contributed by atoms with Gasteiger partial charge in [0.1, 0.15) is 0 Å². The second kappa shape index (κ2) is 9.73. The number of hydrogen-bond donors (Lipinski definition) is 0. The smallest absolute Gasteiger partial charge is 0.0207 e. The first-order valence-corrected chi connectivity index (χ1v) is 15.6. The van der Waals surface area contributed by atoms with Crippen molar-refractivity contribution in [2.75, 3.05) is 0 Å². The van der Waals surface area contributed by atoms with Crippen molar-refractivity contribution in [3.63, 3.8) is 0 Å². The van der Waals surface area contributed by atoms with Crippen molar-refractivity contribution >= 4 is 44.1 Å². The van der Waals surface area contributed by atoms with Gasteiger partial charge >= 0.3 is 0 Å². The molecule has 0 spiro atoms. The van der Waals surface area contributed by atoms with Gasteiger partial charge in [-0.05, 0) is 83.6 Å². The summed E-state index contributed by atoms with van der Waals surface area (Å²) in [4.78, 5) is 2.66. The van der Waals surface area contributed by atoms with Crippen molar-refractivity contribution in [3.8, 4) is 44.5 Å². The third kappa shape index (κ3) is 3.72. The molecule has 1 aliphatic rings. The minimum Gasteiger partial charge on any atom is -0.0888 e. The van der Waals surface area contributed by atoms with E-state index in [-0.39, 0.29) is 0 Å². The van der Waals surface area contributed by atoms with Gasteiger partial charge in [-0.15, -0.1) is 0 Å². The van der Waals surface area contributed by atoms with E-state index in [1.807, 2.05) is 11.8 Å². The molecule has 0 nitrogen and oxygen atoms in total. The lowest BCUT2D eigenvalue weighted by Crippen LogP contribution is -1.96. The van der Waals surface area contributed by atoms with Crippen molar-refractivity contribution in [2.24, 2.45) is 0 Å². The summed E-state index contributed by atoms with van der Waals surface area (Å²) >= 11 is 1.89. The lowest BCUT2D eigenvalue weighted by molar-refractivity contribution is 1.40. The van der Waals surface area contributed by atoms with Gasteiger partial charge in [-0.3, -0.25) is 0 Å². The molecule has 0 unspecified atom stereocenters. The highest BCUT2D eigenvalue weighted by Gasteiger charge is 2.23. The molecule has 0 aromatic heterocycles. The van der Waals surface area contributed by atoms with Gasteiger partial charge in [-0.1, -0.05) is 157 Å². The Labute approximate surface area is 255 Å². The van der Waals surface area contributed by atoms with Crippen LogP contribution in [0, 0.1) is 0 Å². The largest absolute Gasteiger partial charge is 0.0888 e. The van der Waals surface area contributed by atoms with Crippen LogP contribution in [-0.4, -0.2) is 0 Å². The van der Waals surface area contributed by atoms with Gasteiger partial charge in [-0.2, -0.15) is 0 Å². The maximum Gasteiger partial charge on any atom is 0.0207 e. The summed E-state index contributed by atoms with van der Waals surface area (Å²) < 4.78 is 0. The standard InChI is InChI=1S/C42H26S/c1-2-13-27(14-3-1)28-15-4-5-17-30(28)40-32-18-6-8-20-34(32)41(35-21-9-7-19-33(35)40)37-25-26-39-42-31(22-12-23-36(37)42)29-16-10-11-24-38(29)43-39/h1-26H. The van der Waals surface area contributed by atoms with Crippen LogP contribution >= 0.6 is 11.8 Å². The van der Waals surface area contributed by atoms with Crippen LogP contribution in [0.5, 0.6) is 0 Å². The fourth-order valence-corrected chi connectivity index (χ4v) is 8.21. The lowest BCUT2D eigenvalue weighted by atomic mass is 9.82. The van der Waals surface area contributed by atoms with Crippen LogP contribution in [0.4, 0.5) is 0 Å². The number of rotatable bonds is 3. The van der Waals surface area contributed by atoms with Crippen LogP contribution in [-0.2, 0) is 0 Å². The average molecular weight is 563 g/mol. The van der Waals surface area contributed by atoms with Crippen LogP contribution in [0.25, 0.3) is 76.8 Å². The molecule has 1 aliphatic heterocycles. The molecule has 0 saturated carbocycles. The Bertz CT molecular complexity index is 2310. The molecule has 0 saturated heterocycles. The molecule has 1 heteroatoms. The van der Waals surface area contributed by atoms with Crippen molar-refractivity contribution < 1.29 is 0 Å². The molecule has 43 heavy (non-hydrogen) atoms. The van der Waals surface area contributed by atoms with Crippen LogP contribution in [0.15, 0.2) is 168 Å². The lowest BCUT2D eigenvalue weighted by Gasteiger charge is -2.23.